The second-order valence-corrected chi connectivity index (χ2v) is 4.96. The first kappa shape index (κ1) is 13.8. The summed E-state index contributed by atoms with van der Waals surface area (Å²) in [6, 6.07) is 10.1. The van der Waals surface area contributed by atoms with Crippen molar-refractivity contribution in [2.75, 3.05) is 19.6 Å². The fourth-order valence-corrected chi connectivity index (χ4v) is 2.39. The molecule has 0 aromatic heterocycles. The Morgan fingerprint density at radius 3 is 2.74 bits per heavy atom. The molecule has 1 aromatic carbocycles. The van der Waals surface area contributed by atoms with E-state index in [-0.39, 0.29) is 12.5 Å². The molecule has 0 spiro atoms. The van der Waals surface area contributed by atoms with E-state index in [0.717, 1.165) is 6.54 Å². The van der Waals surface area contributed by atoms with Crippen LogP contribution in [-0.2, 0) is 6.54 Å². The average molecular weight is 264 g/mol. The van der Waals surface area contributed by atoms with Gasteiger partial charge in [0.25, 0.3) is 0 Å². The van der Waals surface area contributed by atoms with Crippen molar-refractivity contribution in [3.8, 4) is 0 Å². The fourth-order valence-electron chi connectivity index (χ4n) is 2.39. The number of hydrogen-bond acceptors (Lipinski definition) is 3. The van der Waals surface area contributed by atoms with Gasteiger partial charge in [0.2, 0.25) is 0 Å². The highest BCUT2D eigenvalue weighted by Crippen LogP contribution is 2.17. The molecule has 1 amide bonds. The Balaban J connectivity index is 1.74. The van der Waals surface area contributed by atoms with Crippen molar-refractivity contribution < 1.29 is 15.0 Å². The average Bonchev–Trinajstić information content (AvgIpc) is 2.41. The number of aliphatic hydroxyl groups excluding tert-OH is 1. The molecule has 104 valence electrons. The summed E-state index contributed by atoms with van der Waals surface area (Å²) in [7, 11) is 0. The molecule has 1 aliphatic heterocycles. The van der Waals surface area contributed by atoms with Gasteiger partial charge in [-0.25, -0.2) is 4.79 Å². The minimum atomic E-state index is -0.949. The summed E-state index contributed by atoms with van der Waals surface area (Å²) in [6.45, 7) is 2.20. The first-order valence-electron chi connectivity index (χ1n) is 6.57. The lowest BCUT2D eigenvalue weighted by Crippen LogP contribution is -2.48. The summed E-state index contributed by atoms with van der Waals surface area (Å²) >= 11 is 0. The molecule has 2 atom stereocenters. The Hall–Kier alpha value is -1.59. The molecule has 5 heteroatoms. The monoisotopic (exact) mass is 264 g/mol. The first-order valence-corrected chi connectivity index (χ1v) is 6.57. The standard InChI is InChI=1S/C14H20N2O3/c17-13-10-16(14(18)19)7-6-12(13)9-15-8-11-4-2-1-3-5-11/h1-5,12-13,15,17H,6-10H2,(H,18,19)/t12?,13-/m0/s1. The van der Waals surface area contributed by atoms with Gasteiger partial charge in [-0.1, -0.05) is 30.3 Å². The van der Waals surface area contributed by atoms with Crippen molar-refractivity contribution in [3.63, 3.8) is 0 Å². The van der Waals surface area contributed by atoms with Gasteiger partial charge in [0.05, 0.1) is 12.6 Å². The molecule has 0 saturated carbocycles. The summed E-state index contributed by atoms with van der Waals surface area (Å²) in [5.74, 6) is 0.124. The zero-order valence-electron chi connectivity index (χ0n) is 10.8. The Bertz CT molecular complexity index is 410. The molecular formula is C14H20N2O3. The highest BCUT2D eigenvalue weighted by atomic mass is 16.4. The molecule has 1 heterocycles. The smallest absolute Gasteiger partial charge is 0.407 e. The van der Waals surface area contributed by atoms with E-state index < -0.39 is 12.2 Å². The van der Waals surface area contributed by atoms with E-state index in [0.29, 0.717) is 19.5 Å². The number of amides is 1. The van der Waals surface area contributed by atoms with Crippen LogP contribution in [0, 0.1) is 5.92 Å². The number of carboxylic acid groups (broad SMARTS) is 1. The zero-order chi connectivity index (χ0) is 13.7. The van der Waals surface area contributed by atoms with E-state index in [4.69, 9.17) is 5.11 Å². The van der Waals surface area contributed by atoms with Crippen LogP contribution in [0.25, 0.3) is 0 Å². The number of benzene rings is 1. The lowest BCUT2D eigenvalue weighted by molar-refractivity contribution is 0.0249. The van der Waals surface area contributed by atoms with Gasteiger partial charge in [0.15, 0.2) is 0 Å². The van der Waals surface area contributed by atoms with E-state index in [1.54, 1.807) is 0 Å². The number of hydrogen-bond donors (Lipinski definition) is 3. The van der Waals surface area contributed by atoms with Crippen LogP contribution in [0.3, 0.4) is 0 Å². The van der Waals surface area contributed by atoms with Crippen molar-refractivity contribution in [2.24, 2.45) is 5.92 Å². The number of carbonyl (C=O) groups is 1. The van der Waals surface area contributed by atoms with Crippen LogP contribution in [0.4, 0.5) is 4.79 Å². The third kappa shape index (κ3) is 3.94. The summed E-state index contributed by atoms with van der Waals surface area (Å²) in [5.41, 5.74) is 1.21. The lowest BCUT2D eigenvalue weighted by atomic mass is 9.94. The van der Waals surface area contributed by atoms with Gasteiger partial charge in [-0.3, -0.25) is 0 Å². The number of nitrogens with one attached hydrogen (secondary N) is 1. The third-order valence-electron chi connectivity index (χ3n) is 3.57. The molecule has 1 saturated heterocycles. The molecule has 3 N–H and O–H groups in total. The fraction of sp³-hybridized carbons (Fsp3) is 0.500. The number of rotatable bonds is 4. The number of likely N-dealkylation sites (tertiary alicyclic amines) is 1. The highest BCUT2D eigenvalue weighted by Gasteiger charge is 2.29. The van der Waals surface area contributed by atoms with Crippen LogP contribution in [0.15, 0.2) is 30.3 Å². The minimum absolute atomic E-state index is 0.124. The number of aliphatic hydroxyl groups is 1. The van der Waals surface area contributed by atoms with Gasteiger partial charge in [-0.15, -0.1) is 0 Å². The van der Waals surface area contributed by atoms with Crippen LogP contribution in [0.2, 0.25) is 0 Å². The maximum absolute atomic E-state index is 10.8. The molecule has 0 radical (unpaired) electrons. The summed E-state index contributed by atoms with van der Waals surface area (Å²) < 4.78 is 0. The molecule has 2 rings (SSSR count). The van der Waals surface area contributed by atoms with Crippen LogP contribution >= 0.6 is 0 Å². The Kier molecular flexibility index (Phi) is 4.76. The first-order chi connectivity index (χ1) is 9.16. The molecule has 0 bridgehead atoms. The van der Waals surface area contributed by atoms with Crippen molar-refractivity contribution in [3.05, 3.63) is 35.9 Å². The molecule has 5 nitrogen and oxygen atoms in total. The van der Waals surface area contributed by atoms with Crippen LogP contribution in [0.1, 0.15) is 12.0 Å². The van der Waals surface area contributed by atoms with E-state index in [9.17, 15) is 9.90 Å². The molecule has 0 aliphatic carbocycles. The second kappa shape index (κ2) is 6.54. The maximum Gasteiger partial charge on any atom is 0.407 e. The maximum atomic E-state index is 10.8. The van der Waals surface area contributed by atoms with Gasteiger partial charge in [-0.05, 0) is 12.0 Å². The molecule has 19 heavy (non-hydrogen) atoms. The van der Waals surface area contributed by atoms with Gasteiger partial charge < -0.3 is 20.4 Å². The van der Waals surface area contributed by atoms with E-state index in [2.05, 4.69) is 17.4 Å². The molecule has 1 aromatic rings. The van der Waals surface area contributed by atoms with Crippen LogP contribution < -0.4 is 5.32 Å². The van der Waals surface area contributed by atoms with Crippen molar-refractivity contribution in [2.45, 2.75) is 19.1 Å². The number of β-amino-alcohol motifs (C(OH)–C–C–N with tert-alkyl or cyclic N) is 1. The lowest BCUT2D eigenvalue weighted by Gasteiger charge is -2.34. The summed E-state index contributed by atoms with van der Waals surface area (Å²) in [4.78, 5) is 12.1. The van der Waals surface area contributed by atoms with Crippen LogP contribution in [0.5, 0.6) is 0 Å². The molecule has 1 unspecified atom stereocenters. The predicted octanol–water partition coefficient (Wildman–Crippen LogP) is 1.14. The minimum Gasteiger partial charge on any atom is -0.465 e. The Morgan fingerprint density at radius 2 is 2.11 bits per heavy atom. The second-order valence-electron chi connectivity index (χ2n) is 4.96. The van der Waals surface area contributed by atoms with Crippen molar-refractivity contribution in [1.82, 2.24) is 10.2 Å². The SMILES string of the molecule is O=C(O)N1CCC(CNCc2ccccc2)[C@@H](O)C1. The normalized spacial score (nSPS) is 23.3. The highest BCUT2D eigenvalue weighted by molar-refractivity contribution is 5.65. The summed E-state index contributed by atoms with van der Waals surface area (Å²) in [6.07, 6.45) is -0.821. The van der Waals surface area contributed by atoms with Gasteiger partial charge in [0, 0.05) is 25.6 Å². The predicted molar refractivity (Wildman–Crippen MR) is 71.9 cm³/mol. The van der Waals surface area contributed by atoms with E-state index >= 15 is 0 Å². The van der Waals surface area contributed by atoms with Crippen molar-refractivity contribution >= 4 is 6.09 Å². The number of nitrogens with zero attached hydrogens (tertiary/aromatic N) is 1. The number of piperidine rings is 1. The molecular weight excluding hydrogens is 244 g/mol. The van der Waals surface area contributed by atoms with Gasteiger partial charge >= 0.3 is 6.09 Å². The van der Waals surface area contributed by atoms with Crippen molar-refractivity contribution in [1.29, 1.82) is 0 Å². The largest absolute Gasteiger partial charge is 0.465 e. The topological polar surface area (TPSA) is 72.8 Å². The molecule has 1 aliphatic rings. The quantitative estimate of drug-likeness (QED) is 0.762. The van der Waals surface area contributed by atoms with Gasteiger partial charge in [0.1, 0.15) is 0 Å². The van der Waals surface area contributed by atoms with Crippen LogP contribution in [-0.4, -0.2) is 46.9 Å². The van der Waals surface area contributed by atoms with E-state index in [1.807, 2.05) is 18.2 Å². The Labute approximate surface area is 112 Å². The Morgan fingerprint density at radius 1 is 1.37 bits per heavy atom. The van der Waals surface area contributed by atoms with Gasteiger partial charge in [-0.2, -0.15) is 0 Å². The zero-order valence-corrected chi connectivity index (χ0v) is 10.8. The summed E-state index contributed by atoms with van der Waals surface area (Å²) in [5, 5.41) is 22.1. The molecule has 1 fully saturated rings. The van der Waals surface area contributed by atoms with E-state index in [1.165, 1.54) is 10.5 Å². The third-order valence-corrected chi connectivity index (χ3v) is 3.57.